The molecule has 1 aromatic rings. The third-order valence-corrected chi connectivity index (χ3v) is 2.89. The van der Waals surface area contributed by atoms with Crippen LogP contribution in [0.2, 0.25) is 0 Å². The summed E-state index contributed by atoms with van der Waals surface area (Å²) in [7, 11) is 0. The normalized spacial score (nSPS) is 22.0. The standard InChI is InChI=1S/C9H8O3S/c10-8-5-6(9(11)12-8)4-7-2-1-3-13-7/h1-3,6H,4-5H2. The van der Waals surface area contributed by atoms with Crippen LogP contribution in [0.1, 0.15) is 11.3 Å². The number of rotatable bonds is 2. The van der Waals surface area contributed by atoms with Gasteiger partial charge in [0.25, 0.3) is 0 Å². The molecule has 68 valence electrons. The Hall–Kier alpha value is -1.16. The lowest BCUT2D eigenvalue weighted by atomic mass is 10.0. The van der Waals surface area contributed by atoms with Gasteiger partial charge in [0.2, 0.25) is 0 Å². The van der Waals surface area contributed by atoms with Crippen LogP contribution in [0.25, 0.3) is 0 Å². The van der Waals surface area contributed by atoms with Crippen molar-refractivity contribution in [2.75, 3.05) is 0 Å². The van der Waals surface area contributed by atoms with E-state index in [0.717, 1.165) is 4.88 Å². The average molecular weight is 196 g/mol. The maximum absolute atomic E-state index is 11.1. The highest BCUT2D eigenvalue weighted by atomic mass is 32.1. The molecule has 1 fully saturated rings. The molecule has 1 aromatic heterocycles. The molecule has 1 aliphatic heterocycles. The van der Waals surface area contributed by atoms with Gasteiger partial charge in [-0.15, -0.1) is 11.3 Å². The number of hydrogen-bond donors (Lipinski definition) is 0. The highest BCUT2D eigenvalue weighted by molar-refractivity contribution is 7.09. The van der Waals surface area contributed by atoms with Crippen LogP contribution in [-0.2, 0) is 20.7 Å². The second-order valence-corrected chi connectivity index (χ2v) is 4.01. The fourth-order valence-corrected chi connectivity index (χ4v) is 2.14. The first-order valence-electron chi connectivity index (χ1n) is 4.02. The van der Waals surface area contributed by atoms with E-state index >= 15 is 0 Å². The molecule has 0 amide bonds. The van der Waals surface area contributed by atoms with E-state index in [1.54, 1.807) is 11.3 Å². The number of esters is 2. The summed E-state index contributed by atoms with van der Waals surface area (Å²) in [6.45, 7) is 0. The zero-order chi connectivity index (χ0) is 9.26. The van der Waals surface area contributed by atoms with E-state index < -0.39 is 5.97 Å². The van der Waals surface area contributed by atoms with Crippen molar-refractivity contribution in [3.63, 3.8) is 0 Å². The van der Waals surface area contributed by atoms with Gasteiger partial charge in [-0.2, -0.15) is 0 Å². The van der Waals surface area contributed by atoms with Gasteiger partial charge in [0.15, 0.2) is 0 Å². The van der Waals surface area contributed by atoms with E-state index in [9.17, 15) is 9.59 Å². The van der Waals surface area contributed by atoms with E-state index in [2.05, 4.69) is 4.74 Å². The van der Waals surface area contributed by atoms with E-state index in [0.29, 0.717) is 6.42 Å². The van der Waals surface area contributed by atoms with Crippen LogP contribution >= 0.6 is 11.3 Å². The highest BCUT2D eigenvalue weighted by Gasteiger charge is 2.33. The van der Waals surface area contributed by atoms with Crippen molar-refractivity contribution < 1.29 is 14.3 Å². The number of carbonyl (C=O) groups is 2. The minimum atomic E-state index is -0.397. The predicted molar refractivity (Wildman–Crippen MR) is 47.2 cm³/mol. The van der Waals surface area contributed by atoms with Crippen molar-refractivity contribution in [2.45, 2.75) is 12.8 Å². The van der Waals surface area contributed by atoms with Gasteiger partial charge in [-0.05, 0) is 17.9 Å². The second-order valence-electron chi connectivity index (χ2n) is 2.98. The molecule has 2 heterocycles. The lowest BCUT2D eigenvalue weighted by Crippen LogP contribution is -2.09. The SMILES string of the molecule is O=C1CC(Cc2cccs2)C(=O)O1. The Morgan fingerprint density at radius 1 is 1.54 bits per heavy atom. The molecule has 0 radical (unpaired) electrons. The number of carbonyl (C=O) groups excluding carboxylic acids is 2. The predicted octanol–water partition coefficient (Wildman–Crippen LogP) is 1.38. The van der Waals surface area contributed by atoms with E-state index in [-0.39, 0.29) is 18.3 Å². The van der Waals surface area contributed by atoms with Gasteiger partial charge in [0, 0.05) is 4.88 Å². The van der Waals surface area contributed by atoms with Crippen LogP contribution in [0.15, 0.2) is 17.5 Å². The highest BCUT2D eigenvalue weighted by Crippen LogP contribution is 2.22. The summed E-state index contributed by atoms with van der Waals surface area (Å²) in [4.78, 5) is 22.9. The molecule has 1 unspecified atom stereocenters. The third kappa shape index (κ3) is 1.78. The number of hydrogen-bond acceptors (Lipinski definition) is 4. The molecule has 1 atom stereocenters. The van der Waals surface area contributed by atoms with Gasteiger partial charge >= 0.3 is 11.9 Å². The van der Waals surface area contributed by atoms with Crippen LogP contribution in [0.5, 0.6) is 0 Å². The molecule has 0 spiro atoms. The summed E-state index contributed by atoms with van der Waals surface area (Å²) in [6.07, 6.45) is 0.860. The van der Waals surface area contributed by atoms with Gasteiger partial charge in [0.05, 0.1) is 12.3 Å². The summed E-state index contributed by atoms with van der Waals surface area (Å²) in [5, 5.41) is 1.96. The minimum Gasteiger partial charge on any atom is -0.393 e. The van der Waals surface area contributed by atoms with Crippen LogP contribution < -0.4 is 0 Å². The molecular formula is C9H8O3S. The van der Waals surface area contributed by atoms with Crippen LogP contribution in [0.4, 0.5) is 0 Å². The van der Waals surface area contributed by atoms with Crippen LogP contribution in [0, 0.1) is 5.92 Å². The van der Waals surface area contributed by atoms with Crippen molar-refractivity contribution in [1.29, 1.82) is 0 Å². The molecule has 2 rings (SSSR count). The largest absolute Gasteiger partial charge is 0.393 e. The lowest BCUT2D eigenvalue weighted by Gasteiger charge is -1.99. The Morgan fingerprint density at radius 2 is 2.38 bits per heavy atom. The maximum atomic E-state index is 11.1. The Labute approximate surface area is 79.3 Å². The van der Waals surface area contributed by atoms with Crippen molar-refractivity contribution in [3.8, 4) is 0 Å². The van der Waals surface area contributed by atoms with Gasteiger partial charge in [-0.25, -0.2) is 0 Å². The van der Waals surface area contributed by atoms with Crippen molar-refractivity contribution in [2.24, 2.45) is 5.92 Å². The van der Waals surface area contributed by atoms with Gasteiger partial charge in [-0.1, -0.05) is 6.07 Å². The van der Waals surface area contributed by atoms with E-state index in [1.165, 1.54) is 0 Å². The molecule has 13 heavy (non-hydrogen) atoms. The zero-order valence-corrected chi connectivity index (χ0v) is 7.67. The number of thiophene rings is 1. The molecule has 3 nitrogen and oxygen atoms in total. The summed E-state index contributed by atoms with van der Waals surface area (Å²) in [5.41, 5.74) is 0. The summed E-state index contributed by atoms with van der Waals surface area (Å²) < 4.78 is 4.45. The molecule has 0 aliphatic carbocycles. The first-order chi connectivity index (χ1) is 6.25. The fraction of sp³-hybridized carbons (Fsp3) is 0.333. The van der Waals surface area contributed by atoms with Crippen LogP contribution in [-0.4, -0.2) is 11.9 Å². The van der Waals surface area contributed by atoms with Crippen LogP contribution in [0.3, 0.4) is 0 Å². The van der Waals surface area contributed by atoms with Crippen molar-refractivity contribution in [1.82, 2.24) is 0 Å². The Bertz CT molecular complexity index is 329. The summed E-state index contributed by atoms with van der Waals surface area (Å²) >= 11 is 1.59. The minimum absolute atomic E-state index is 0.233. The zero-order valence-electron chi connectivity index (χ0n) is 6.86. The second kappa shape index (κ2) is 3.30. The molecule has 4 heteroatoms. The Kier molecular flexibility index (Phi) is 2.14. The first-order valence-corrected chi connectivity index (χ1v) is 4.90. The van der Waals surface area contributed by atoms with E-state index in [1.807, 2.05) is 17.5 Å². The Morgan fingerprint density at radius 3 is 2.92 bits per heavy atom. The van der Waals surface area contributed by atoms with E-state index in [4.69, 9.17) is 0 Å². The van der Waals surface area contributed by atoms with Crippen molar-refractivity contribution >= 4 is 23.3 Å². The molecule has 1 saturated heterocycles. The topological polar surface area (TPSA) is 43.4 Å². The summed E-state index contributed by atoms with van der Waals surface area (Å²) in [6, 6.07) is 3.89. The maximum Gasteiger partial charge on any atom is 0.317 e. The monoisotopic (exact) mass is 196 g/mol. The molecule has 0 bridgehead atoms. The quantitative estimate of drug-likeness (QED) is 0.530. The first kappa shape index (κ1) is 8.44. The van der Waals surface area contributed by atoms with Gasteiger partial charge in [-0.3, -0.25) is 9.59 Å². The molecular weight excluding hydrogens is 188 g/mol. The molecule has 0 aromatic carbocycles. The molecule has 1 aliphatic rings. The van der Waals surface area contributed by atoms with Gasteiger partial charge < -0.3 is 4.74 Å². The smallest absolute Gasteiger partial charge is 0.317 e. The average Bonchev–Trinajstić information content (AvgIpc) is 2.63. The number of cyclic esters (lactones) is 2. The fourth-order valence-electron chi connectivity index (χ4n) is 1.35. The molecule has 0 saturated carbocycles. The lowest BCUT2D eigenvalue weighted by molar-refractivity contribution is -0.153. The number of ether oxygens (including phenoxy) is 1. The summed E-state index contributed by atoms with van der Waals surface area (Å²) in [5.74, 6) is -1.03. The third-order valence-electron chi connectivity index (χ3n) is 1.99. The van der Waals surface area contributed by atoms with Crippen molar-refractivity contribution in [3.05, 3.63) is 22.4 Å². The Balaban J connectivity index is 2.03. The molecule has 0 N–H and O–H groups in total. The van der Waals surface area contributed by atoms with Gasteiger partial charge in [0.1, 0.15) is 0 Å².